The number of hydrogen-bond acceptors (Lipinski definition) is 4. The van der Waals surface area contributed by atoms with Crippen LogP contribution < -0.4 is 4.72 Å². The first-order chi connectivity index (χ1) is 8.50. The van der Waals surface area contributed by atoms with Gasteiger partial charge in [-0.05, 0) is 13.0 Å². The average Bonchev–Trinajstić information content (AvgIpc) is 2.73. The predicted molar refractivity (Wildman–Crippen MR) is 66.6 cm³/mol. The Hall–Kier alpha value is -1.44. The van der Waals surface area contributed by atoms with Crippen LogP contribution in [0.1, 0.15) is 11.3 Å². The third-order valence-corrected chi connectivity index (χ3v) is 4.28. The number of rotatable bonds is 4. The second-order valence-electron chi connectivity index (χ2n) is 3.65. The van der Waals surface area contributed by atoms with E-state index in [1.165, 1.54) is 18.5 Å². The zero-order valence-corrected chi connectivity index (χ0v) is 11.1. The van der Waals surface area contributed by atoms with Gasteiger partial charge in [0.15, 0.2) is 0 Å². The van der Waals surface area contributed by atoms with Gasteiger partial charge in [0.2, 0.25) is 10.0 Å². The maximum Gasteiger partial charge on any atom is 0.243 e. The highest BCUT2D eigenvalue weighted by molar-refractivity contribution is 7.89. The Morgan fingerprint density at radius 2 is 2.22 bits per heavy atom. The Balaban J connectivity index is 2.19. The lowest BCUT2D eigenvalue weighted by Gasteiger charge is -2.07. The quantitative estimate of drug-likeness (QED) is 0.885. The molecule has 2 heterocycles. The van der Waals surface area contributed by atoms with Crippen LogP contribution in [-0.2, 0) is 16.6 Å². The summed E-state index contributed by atoms with van der Waals surface area (Å²) >= 11 is 5.82. The van der Waals surface area contributed by atoms with Gasteiger partial charge in [-0.2, -0.15) is 5.10 Å². The Labute approximate surface area is 109 Å². The molecule has 2 aromatic heterocycles. The number of H-pyrrole nitrogens is 1. The molecule has 0 aliphatic heterocycles. The lowest BCUT2D eigenvalue weighted by atomic mass is 10.3. The van der Waals surface area contributed by atoms with E-state index in [2.05, 4.69) is 19.9 Å². The van der Waals surface area contributed by atoms with E-state index < -0.39 is 10.0 Å². The van der Waals surface area contributed by atoms with Crippen LogP contribution in [0.15, 0.2) is 29.6 Å². The van der Waals surface area contributed by atoms with Crippen molar-refractivity contribution >= 4 is 21.6 Å². The number of pyridine rings is 1. The maximum absolute atomic E-state index is 12.0. The summed E-state index contributed by atoms with van der Waals surface area (Å²) in [5.74, 6) is 0. The second-order valence-corrected chi connectivity index (χ2v) is 5.79. The van der Waals surface area contributed by atoms with Crippen molar-refractivity contribution in [2.45, 2.75) is 18.4 Å². The molecular formula is C10H11ClN4O2S. The second kappa shape index (κ2) is 5.05. The average molecular weight is 287 g/mol. The van der Waals surface area contributed by atoms with Crippen molar-refractivity contribution in [3.63, 3.8) is 0 Å². The minimum absolute atomic E-state index is 0.0344. The number of aromatic amines is 1. The lowest BCUT2D eigenvalue weighted by Crippen LogP contribution is -2.23. The molecule has 0 spiro atoms. The van der Waals surface area contributed by atoms with E-state index in [0.29, 0.717) is 0 Å². The van der Waals surface area contributed by atoms with Gasteiger partial charge in [-0.15, -0.1) is 0 Å². The van der Waals surface area contributed by atoms with E-state index in [1.54, 1.807) is 6.20 Å². The minimum atomic E-state index is -3.67. The number of hydrogen-bond donors (Lipinski definition) is 2. The van der Waals surface area contributed by atoms with Crippen LogP contribution >= 0.6 is 11.6 Å². The number of aromatic nitrogens is 3. The van der Waals surface area contributed by atoms with Gasteiger partial charge in [0.05, 0.1) is 11.2 Å². The molecule has 0 atom stereocenters. The number of nitrogens with zero attached hydrogens (tertiary/aromatic N) is 2. The van der Waals surface area contributed by atoms with Crippen LogP contribution in [0.4, 0.5) is 0 Å². The third kappa shape index (κ3) is 2.69. The number of nitrogens with one attached hydrogen (secondary N) is 2. The van der Waals surface area contributed by atoms with Gasteiger partial charge in [0.1, 0.15) is 4.90 Å². The zero-order chi connectivity index (χ0) is 13.2. The standard InChI is InChI=1S/C10H11ClN4O2S/c1-7-8(4-13-15-7)5-14-18(16,17)10-6-12-3-2-9(10)11/h2-4,6,14H,5H2,1H3,(H,13,15). The molecule has 0 bridgehead atoms. The molecule has 6 nitrogen and oxygen atoms in total. The van der Waals surface area contributed by atoms with E-state index in [1.807, 2.05) is 6.92 Å². The fraction of sp³-hybridized carbons (Fsp3) is 0.200. The highest BCUT2D eigenvalue weighted by atomic mass is 35.5. The Bertz CT molecular complexity index is 653. The summed E-state index contributed by atoms with van der Waals surface area (Å²) in [6.45, 7) is 1.96. The maximum atomic E-state index is 12.0. The first-order valence-electron chi connectivity index (χ1n) is 5.09. The highest BCUT2D eigenvalue weighted by Crippen LogP contribution is 2.19. The Morgan fingerprint density at radius 3 is 2.83 bits per heavy atom. The van der Waals surface area contributed by atoms with Crippen molar-refractivity contribution in [3.8, 4) is 0 Å². The molecule has 0 radical (unpaired) electrons. The molecule has 0 fully saturated rings. The molecule has 8 heteroatoms. The Kier molecular flexibility index (Phi) is 3.65. The van der Waals surface area contributed by atoms with E-state index in [4.69, 9.17) is 11.6 Å². The van der Waals surface area contributed by atoms with Crippen LogP contribution in [0.3, 0.4) is 0 Å². The molecule has 2 N–H and O–H groups in total. The molecule has 2 rings (SSSR count). The molecule has 0 saturated heterocycles. The van der Waals surface area contributed by atoms with Gasteiger partial charge >= 0.3 is 0 Å². The van der Waals surface area contributed by atoms with Crippen LogP contribution in [0.5, 0.6) is 0 Å². The van der Waals surface area contributed by atoms with Gasteiger partial charge in [-0.3, -0.25) is 10.1 Å². The van der Waals surface area contributed by atoms with Crippen LogP contribution in [0, 0.1) is 6.92 Å². The summed E-state index contributed by atoms with van der Waals surface area (Å²) in [5, 5.41) is 6.69. The first kappa shape index (κ1) is 13.0. The monoisotopic (exact) mass is 286 g/mol. The molecule has 96 valence electrons. The van der Waals surface area contributed by atoms with E-state index in [-0.39, 0.29) is 16.5 Å². The van der Waals surface area contributed by atoms with Crippen molar-refractivity contribution in [2.24, 2.45) is 0 Å². The van der Waals surface area contributed by atoms with Gasteiger partial charge in [0, 0.05) is 30.2 Å². The summed E-state index contributed by atoms with van der Waals surface area (Å²) in [5.41, 5.74) is 1.59. The van der Waals surface area contributed by atoms with Crippen molar-refractivity contribution in [2.75, 3.05) is 0 Å². The summed E-state index contributed by atoms with van der Waals surface area (Å²) in [6, 6.07) is 1.43. The number of sulfonamides is 1. The zero-order valence-electron chi connectivity index (χ0n) is 9.51. The molecule has 0 aromatic carbocycles. The van der Waals surface area contributed by atoms with E-state index >= 15 is 0 Å². The predicted octanol–water partition coefficient (Wildman–Crippen LogP) is 1.25. The normalized spacial score (nSPS) is 11.7. The van der Waals surface area contributed by atoms with E-state index in [9.17, 15) is 8.42 Å². The van der Waals surface area contributed by atoms with Crippen LogP contribution in [-0.4, -0.2) is 23.6 Å². The fourth-order valence-electron chi connectivity index (χ4n) is 1.37. The first-order valence-corrected chi connectivity index (χ1v) is 6.95. The van der Waals surface area contributed by atoms with Gasteiger partial charge in [-0.25, -0.2) is 13.1 Å². The topological polar surface area (TPSA) is 87.7 Å². The van der Waals surface area contributed by atoms with Crippen molar-refractivity contribution in [3.05, 3.63) is 40.9 Å². The van der Waals surface area contributed by atoms with E-state index in [0.717, 1.165) is 11.3 Å². The number of aryl methyl sites for hydroxylation is 1. The van der Waals surface area contributed by atoms with Crippen LogP contribution in [0.2, 0.25) is 5.02 Å². The number of halogens is 1. The molecule has 2 aromatic rings. The molecule has 18 heavy (non-hydrogen) atoms. The van der Waals surface area contributed by atoms with Crippen LogP contribution in [0.25, 0.3) is 0 Å². The summed E-state index contributed by atoms with van der Waals surface area (Å²) in [6.07, 6.45) is 4.22. The smallest absolute Gasteiger partial charge is 0.243 e. The molecule has 0 saturated carbocycles. The molecule has 0 amide bonds. The van der Waals surface area contributed by atoms with Crippen molar-refractivity contribution in [1.29, 1.82) is 0 Å². The lowest BCUT2D eigenvalue weighted by molar-refractivity contribution is 0.581. The summed E-state index contributed by atoms with van der Waals surface area (Å²) < 4.78 is 26.4. The Morgan fingerprint density at radius 1 is 1.44 bits per heavy atom. The summed E-state index contributed by atoms with van der Waals surface area (Å²) in [4.78, 5) is 3.72. The molecule has 0 aliphatic carbocycles. The van der Waals surface area contributed by atoms with Crippen molar-refractivity contribution < 1.29 is 8.42 Å². The minimum Gasteiger partial charge on any atom is -0.283 e. The molecule has 0 unspecified atom stereocenters. The third-order valence-electron chi connectivity index (χ3n) is 2.41. The fourth-order valence-corrected chi connectivity index (χ4v) is 2.80. The highest BCUT2D eigenvalue weighted by Gasteiger charge is 2.18. The summed E-state index contributed by atoms with van der Waals surface area (Å²) in [7, 11) is -3.67. The van der Waals surface area contributed by atoms with Gasteiger partial charge in [0.25, 0.3) is 0 Å². The molecular weight excluding hydrogens is 276 g/mol. The largest absolute Gasteiger partial charge is 0.283 e. The van der Waals surface area contributed by atoms with Crippen molar-refractivity contribution in [1.82, 2.24) is 19.9 Å². The molecule has 0 aliphatic rings. The van der Waals surface area contributed by atoms with Gasteiger partial charge in [-0.1, -0.05) is 11.6 Å². The SMILES string of the molecule is Cc1[nH]ncc1CNS(=O)(=O)c1cnccc1Cl. The van der Waals surface area contributed by atoms with Gasteiger partial charge < -0.3 is 0 Å².